The van der Waals surface area contributed by atoms with Crippen molar-refractivity contribution in [1.29, 1.82) is 0 Å². The van der Waals surface area contributed by atoms with Crippen molar-refractivity contribution in [3.05, 3.63) is 69.8 Å². The lowest BCUT2D eigenvalue weighted by Crippen LogP contribution is -2.36. The highest BCUT2D eigenvalue weighted by Gasteiger charge is 2.50. The van der Waals surface area contributed by atoms with Crippen LogP contribution in [0.5, 0.6) is 5.75 Å². The van der Waals surface area contributed by atoms with Gasteiger partial charge in [0.1, 0.15) is 11.9 Å². The second kappa shape index (κ2) is 13.2. The predicted molar refractivity (Wildman–Crippen MR) is 159 cm³/mol. The first kappa shape index (κ1) is 30.1. The molecule has 1 aromatic carbocycles. The number of nitro benzene ring substituents is 1. The smallest absolute Gasteiger partial charge is 0.430 e. The van der Waals surface area contributed by atoms with Gasteiger partial charge >= 0.3 is 6.16 Å². The van der Waals surface area contributed by atoms with Crippen molar-refractivity contribution in [3.63, 3.8) is 0 Å². The molecule has 0 bridgehead atoms. The number of benzene rings is 1. The highest BCUT2D eigenvalue weighted by molar-refractivity contribution is 5.64. The molecule has 0 aromatic heterocycles. The third kappa shape index (κ3) is 7.24. The molecule has 1 aromatic rings. The molecule has 3 aliphatic rings. The van der Waals surface area contributed by atoms with Gasteiger partial charge in [-0.05, 0) is 91.7 Å². The molecule has 3 fully saturated rings. The van der Waals surface area contributed by atoms with Crippen LogP contribution in [0.3, 0.4) is 0 Å². The number of carbonyl (C=O) groups excluding carboxylic acids is 1. The highest BCUT2D eigenvalue weighted by Crippen LogP contribution is 2.60. The molecular weight excluding hydrogens is 502 g/mol. The largest absolute Gasteiger partial charge is 0.514 e. The van der Waals surface area contributed by atoms with Gasteiger partial charge in [-0.1, -0.05) is 76.8 Å². The van der Waals surface area contributed by atoms with Crippen LogP contribution in [0.25, 0.3) is 0 Å². The zero-order valence-electron chi connectivity index (χ0n) is 24.8. The molecule has 3 aliphatic carbocycles. The topological polar surface area (TPSA) is 78.7 Å². The molecule has 0 heterocycles. The van der Waals surface area contributed by atoms with Gasteiger partial charge in [0.15, 0.2) is 0 Å². The first-order valence-electron chi connectivity index (χ1n) is 15.3. The summed E-state index contributed by atoms with van der Waals surface area (Å²) in [7, 11) is 0. The number of hydrogen-bond acceptors (Lipinski definition) is 5. The first-order chi connectivity index (χ1) is 19.1. The van der Waals surface area contributed by atoms with E-state index < -0.39 is 11.1 Å². The lowest BCUT2D eigenvalue weighted by atomic mass is 9.60. The van der Waals surface area contributed by atoms with Crippen LogP contribution in [0.2, 0.25) is 0 Å². The second-order valence-corrected chi connectivity index (χ2v) is 13.0. The fourth-order valence-electron chi connectivity index (χ4n) is 7.64. The van der Waals surface area contributed by atoms with Gasteiger partial charge in [0.05, 0.1) is 4.92 Å². The monoisotopic (exact) mass is 549 g/mol. The molecule has 0 aliphatic heterocycles. The summed E-state index contributed by atoms with van der Waals surface area (Å²) in [6, 6.07) is 5.41. The van der Waals surface area contributed by atoms with Crippen molar-refractivity contribution in [3.8, 4) is 5.75 Å². The average Bonchev–Trinajstić information content (AvgIpc) is 3.26. The van der Waals surface area contributed by atoms with Gasteiger partial charge < -0.3 is 9.47 Å². The number of ether oxygens (including phenoxy) is 2. The number of rotatable bonds is 9. The van der Waals surface area contributed by atoms with Crippen molar-refractivity contribution in [2.24, 2.45) is 29.1 Å². The molecule has 1 unspecified atom stereocenters. The van der Waals surface area contributed by atoms with Gasteiger partial charge in [0, 0.05) is 18.6 Å². The van der Waals surface area contributed by atoms with Gasteiger partial charge in [-0.15, -0.1) is 0 Å². The van der Waals surface area contributed by atoms with E-state index in [1.54, 1.807) is 5.57 Å². The molecular formula is C34H47NO5. The number of fused-ring (bicyclic) bond motifs is 1. The zero-order chi connectivity index (χ0) is 28.9. The van der Waals surface area contributed by atoms with Crippen molar-refractivity contribution in [1.82, 2.24) is 0 Å². The molecule has 0 saturated heterocycles. The summed E-state index contributed by atoms with van der Waals surface area (Å²) >= 11 is 0. The van der Waals surface area contributed by atoms with Gasteiger partial charge in [0.25, 0.3) is 5.69 Å². The molecule has 218 valence electrons. The normalized spacial score (nSPS) is 29.4. The quantitative estimate of drug-likeness (QED) is 0.133. The number of nitro groups is 1. The third-order valence-electron chi connectivity index (χ3n) is 9.85. The van der Waals surface area contributed by atoms with Crippen LogP contribution in [0.15, 0.2) is 59.7 Å². The van der Waals surface area contributed by atoms with Crippen LogP contribution in [-0.2, 0) is 4.74 Å². The maximum absolute atomic E-state index is 12.4. The third-order valence-corrected chi connectivity index (χ3v) is 9.85. The molecule has 0 N–H and O–H groups in total. The molecule has 0 radical (unpaired) electrons. The Bertz CT molecular complexity index is 1130. The predicted octanol–water partition coefficient (Wildman–Crippen LogP) is 9.75. The Labute approximate surface area is 240 Å². The number of carbonyl (C=O) groups is 1. The van der Waals surface area contributed by atoms with Gasteiger partial charge in [-0.3, -0.25) is 10.1 Å². The van der Waals surface area contributed by atoms with Crippen LogP contribution in [-0.4, -0.2) is 17.2 Å². The second-order valence-electron chi connectivity index (χ2n) is 13.0. The van der Waals surface area contributed by atoms with Crippen LogP contribution < -0.4 is 4.74 Å². The Balaban J connectivity index is 1.37. The summed E-state index contributed by atoms with van der Waals surface area (Å²) in [6.45, 7) is 14.0. The lowest BCUT2D eigenvalue weighted by molar-refractivity contribution is -0.384. The molecule has 6 nitrogen and oxygen atoms in total. The summed E-state index contributed by atoms with van der Waals surface area (Å²) in [5.74, 6) is 3.27. The van der Waals surface area contributed by atoms with Gasteiger partial charge in [0.2, 0.25) is 0 Å². The van der Waals surface area contributed by atoms with Gasteiger partial charge in [-0.2, -0.15) is 0 Å². The lowest BCUT2D eigenvalue weighted by Gasteiger charge is -2.44. The SMILES string of the molecule is C=C1CC[C@H](OC(=O)Oc2ccc([N+](=O)[O-])cc2)C/C1=C/C=C1\CCC[C@]2(C)C([C@H](C)CCCC(C)C)CC[C@@H]12. The summed E-state index contributed by atoms with van der Waals surface area (Å²) < 4.78 is 10.9. The van der Waals surface area contributed by atoms with Crippen LogP contribution in [0.4, 0.5) is 10.5 Å². The van der Waals surface area contributed by atoms with E-state index >= 15 is 0 Å². The standard InChI is InChI=1S/C34H47NO5/c1-23(2)8-6-9-25(4)31-19-20-32-26(10-7-21-34(31,32)5)12-13-27-22-30(16-11-24(27)3)40-33(36)39-29-17-14-28(15-18-29)35(37)38/h12-15,17-18,23,25,30-32H,3,6-11,16,19-22H2,1-2,4-5H3/b26-12+,27-13-/t25-,30+,31?,32+,34-/m1/s1. The fourth-order valence-corrected chi connectivity index (χ4v) is 7.64. The van der Waals surface area contributed by atoms with Crippen LogP contribution in [0, 0.1) is 39.2 Å². The van der Waals surface area contributed by atoms with E-state index in [0.29, 0.717) is 24.2 Å². The maximum Gasteiger partial charge on any atom is 0.514 e. The zero-order valence-corrected chi connectivity index (χ0v) is 24.8. The van der Waals surface area contributed by atoms with Crippen molar-refractivity contribution >= 4 is 11.8 Å². The number of hydrogen-bond donors (Lipinski definition) is 0. The van der Waals surface area contributed by atoms with E-state index in [1.807, 2.05) is 0 Å². The van der Waals surface area contributed by atoms with E-state index in [9.17, 15) is 14.9 Å². The molecule has 5 atom stereocenters. The van der Waals surface area contributed by atoms with E-state index in [1.165, 1.54) is 75.6 Å². The number of nitrogens with zero attached hydrogens (tertiary/aromatic N) is 1. The van der Waals surface area contributed by atoms with E-state index in [-0.39, 0.29) is 17.5 Å². The first-order valence-corrected chi connectivity index (χ1v) is 15.3. The highest BCUT2D eigenvalue weighted by atomic mass is 16.7. The molecule has 0 spiro atoms. The minimum absolute atomic E-state index is 0.0574. The summed E-state index contributed by atoms with van der Waals surface area (Å²) in [6.07, 6.45) is 16.1. The molecule has 3 saturated carbocycles. The number of allylic oxidation sites excluding steroid dienone is 4. The fraction of sp³-hybridized carbons (Fsp3) is 0.618. The minimum atomic E-state index is -0.786. The average molecular weight is 550 g/mol. The van der Waals surface area contributed by atoms with Crippen molar-refractivity contribution in [2.45, 2.75) is 104 Å². The van der Waals surface area contributed by atoms with Crippen LogP contribution in [0.1, 0.15) is 98.3 Å². The van der Waals surface area contributed by atoms with E-state index in [2.05, 4.69) is 46.4 Å². The van der Waals surface area contributed by atoms with E-state index in [4.69, 9.17) is 9.47 Å². The molecule has 0 amide bonds. The molecule has 40 heavy (non-hydrogen) atoms. The Kier molecular flexibility index (Phi) is 9.91. The molecule has 4 rings (SSSR count). The van der Waals surface area contributed by atoms with Crippen molar-refractivity contribution < 1.29 is 19.2 Å². The maximum atomic E-state index is 12.4. The van der Waals surface area contributed by atoms with E-state index in [0.717, 1.165) is 35.3 Å². The summed E-state index contributed by atoms with van der Waals surface area (Å²) in [4.78, 5) is 22.7. The molecule has 6 heteroatoms. The van der Waals surface area contributed by atoms with Gasteiger partial charge in [-0.25, -0.2) is 4.79 Å². The van der Waals surface area contributed by atoms with Crippen molar-refractivity contribution in [2.75, 3.05) is 0 Å². The Morgan fingerprint density at radius 3 is 2.58 bits per heavy atom. The minimum Gasteiger partial charge on any atom is -0.430 e. The number of non-ortho nitro benzene ring substituents is 1. The Morgan fingerprint density at radius 2 is 1.88 bits per heavy atom. The summed E-state index contributed by atoms with van der Waals surface area (Å²) in [5.41, 5.74) is 4.19. The Morgan fingerprint density at radius 1 is 1.12 bits per heavy atom. The summed E-state index contributed by atoms with van der Waals surface area (Å²) in [5, 5.41) is 10.8. The Hall–Kier alpha value is -2.89. The van der Waals surface area contributed by atoms with Crippen LogP contribution >= 0.6 is 0 Å².